The number of terminal acetylenes is 1. The van der Waals surface area contributed by atoms with Crippen molar-refractivity contribution in [2.24, 2.45) is 0 Å². The molecule has 0 aliphatic carbocycles. The molecule has 0 atom stereocenters. The van der Waals surface area contributed by atoms with Crippen LogP contribution in [0.3, 0.4) is 0 Å². The molecule has 0 aliphatic heterocycles. The standard InChI is InChI=1S/C13H13FN2/c1-2-3-4-7-16-10-12-8-13(14)6-5-11(12)9-15/h1,5-6,8,16H,3-4,7,10H2. The number of unbranched alkanes of at least 4 members (excludes halogenated alkanes) is 1. The Morgan fingerprint density at radius 3 is 2.94 bits per heavy atom. The van der Waals surface area contributed by atoms with Crippen LogP contribution in [-0.4, -0.2) is 6.54 Å². The maximum Gasteiger partial charge on any atom is 0.123 e. The topological polar surface area (TPSA) is 35.8 Å². The number of nitrogens with zero attached hydrogens (tertiary/aromatic N) is 1. The molecule has 2 nitrogen and oxygen atoms in total. The summed E-state index contributed by atoms with van der Waals surface area (Å²) in [6, 6.07) is 6.20. The van der Waals surface area contributed by atoms with Crippen molar-refractivity contribution >= 4 is 0 Å². The van der Waals surface area contributed by atoms with Crippen LogP contribution in [0.15, 0.2) is 18.2 Å². The molecule has 0 amide bonds. The number of hydrogen-bond acceptors (Lipinski definition) is 2. The summed E-state index contributed by atoms with van der Waals surface area (Å²) in [6.45, 7) is 1.26. The molecular formula is C13H13FN2. The molecule has 16 heavy (non-hydrogen) atoms. The van der Waals surface area contributed by atoms with Crippen LogP contribution in [0.4, 0.5) is 4.39 Å². The molecule has 3 heteroatoms. The number of benzene rings is 1. The highest BCUT2D eigenvalue weighted by molar-refractivity contribution is 5.37. The van der Waals surface area contributed by atoms with Gasteiger partial charge in [0.05, 0.1) is 11.6 Å². The third-order valence-electron chi connectivity index (χ3n) is 2.18. The Kier molecular flexibility index (Phi) is 5.05. The van der Waals surface area contributed by atoms with Crippen molar-refractivity contribution in [3.63, 3.8) is 0 Å². The van der Waals surface area contributed by atoms with Crippen LogP contribution in [0.25, 0.3) is 0 Å². The van der Waals surface area contributed by atoms with E-state index < -0.39 is 0 Å². The summed E-state index contributed by atoms with van der Waals surface area (Å²) in [5.41, 5.74) is 1.19. The Balaban J connectivity index is 2.50. The van der Waals surface area contributed by atoms with Gasteiger partial charge in [0, 0.05) is 13.0 Å². The molecule has 1 aromatic rings. The summed E-state index contributed by atoms with van der Waals surface area (Å²) in [7, 11) is 0. The van der Waals surface area contributed by atoms with Crippen molar-refractivity contribution in [3.8, 4) is 18.4 Å². The Morgan fingerprint density at radius 1 is 1.44 bits per heavy atom. The van der Waals surface area contributed by atoms with Gasteiger partial charge in [-0.1, -0.05) is 0 Å². The first-order valence-corrected chi connectivity index (χ1v) is 5.10. The number of halogens is 1. The van der Waals surface area contributed by atoms with E-state index in [0.717, 1.165) is 19.4 Å². The van der Waals surface area contributed by atoms with Crippen molar-refractivity contribution in [1.82, 2.24) is 5.32 Å². The van der Waals surface area contributed by atoms with Gasteiger partial charge >= 0.3 is 0 Å². The van der Waals surface area contributed by atoms with Gasteiger partial charge in [-0.05, 0) is 36.7 Å². The molecule has 0 heterocycles. The summed E-state index contributed by atoms with van der Waals surface area (Å²) in [6.07, 6.45) is 6.72. The molecule has 0 spiro atoms. The lowest BCUT2D eigenvalue weighted by atomic mass is 10.1. The van der Waals surface area contributed by atoms with E-state index >= 15 is 0 Å². The molecule has 1 N–H and O–H groups in total. The minimum absolute atomic E-state index is 0.320. The van der Waals surface area contributed by atoms with Gasteiger partial charge in [-0.3, -0.25) is 0 Å². The zero-order valence-corrected chi connectivity index (χ0v) is 8.96. The Bertz CT molecular complexity index is 427. The van der Waals surface area contributed by atoms with Crippen molar-refractivity contribution in [3.05, 3.63) is 35.1 Å². The minimum atomic E-state index is -0.320. The second kappa shape index (κ2) is 6.61. The van der Waals surface area contributed by atoms with Crippen LogP contribution in [0, 0.1) is 29.5 Å². The van der Waals surface area contributed by atoms with E-state index in [0.29, 0.717) is 17.7 Å². The Morgan fingerprint density at radius 2 is 2.25 bits per heavy atom. The third kappa shape index (κ3) is 3.73. The average molecular weight is 216 g/mol. The molecule has 82 valence electrons. The molecule has 0 radical (unpaired) electrons. The van der Waals surface area contributed by atoms with Gasteiger partial charge in [0.15, 0.2) is 0 Å². The molecule has 0 fully saturated rings. The van der Waals surface area contributed by atoms with E-state index in [4.69, 9.17) is 11.7 Å². The van der Waals surface area contributed by atoms with Crippen LogP contribution < -0.4 is 5.32 Å². The Labute approximate surface area is 95.1 Å². The lowest BCUT2D eigenvalue weighted by molar-refractivity contribution is 0.617. The fraction of sp³-hybridized carbons (Fsp3) is 0.308. The molecule has 0 aromatic heterocycles. The van der Waals surface area contributed by atoms with E-state index in [1.54, 1.807) is 0 Å². The monoisotopic (exact) mass is 216 g/mol. The minimum Gasteiger partial charge on any atom is -0.313 e. The maximum atomic E-state index is 12.9. The normalized spacial score (nSPS) is 9.44. The first kappa shape index (κ1) is 12.2. The maximum absolute atomic E-state index is 12.9. The second-order valence-corrected chi connectivity index (χ2v) is 3.40. The molecule has 0 saturated heterocycles. The van der Waals surface area contributed by atoms with Crippen LogP contribution in [0.2, 0.25) is 0 Å². The molecule has 0 aliphatic rings. The van der Waals surface area contributed by atoms with Crippen LogP contribution in [0.1, 0.15) is 24.0 Å². The summed E-state index contributed by atoms with van der Waals surface area (Å²) in [5, 5.41) is 11.9. The van der Waals surface area contributed by atoms with Crippen molar-refractivity contribution < 1.29 is 4.39 Å². The number of nitrogens with one attached hydrogen (secondary N) is 1. The van der Waals surface area contributed by atoms with Gasteiger partial charge in [0.1, 0.15) is 5.82 Å². The lowest BCUT2D eigenvalue weighted by Gasteiger charge is -2.05. The van der Waals surface area contributed by atoms with Gasteiger partial charge in [-0.2, -0.15) is 5.26 Å². The highest BCUT2D eigenvalue weighted by Crippen LogP contribution is 2.10. The quantitative estimate of drug-likeness (QED) is 0.605. The highest BCUT2D eigenvalue weighted by Gasteiger charge is 2.02. The molecule has 0 unspecified atom stereocenters. The van der Waals surface area contributed by atoms with Crippen molar-refractivity contribution in [2.45, 2.75) is 19.4 Å². The lowest BCUT2D eigenvalue weighted by Crippen LogP contribution is -2.15. The number of rotatable bonds is 5. The van der Waals surface area contributed by atoms with Gasteiger partial charge in [-0.25, -0.2) is 4.39 Å². The Hall–Kier alpha value is -1.84. The van der Waals surface area contributed by atoms with Gasteiger partial charge in [-0.15, -0.1) is 12.3 Å². The number of hydrogen-bond donors (Lipinski definition) is 1. The van der Waals surface area contributed by atoms with E-state index in [1.165, 1.54) is 18.2 Å². The highest BCUT2D eigenvalue weighted by atomic mass is 19.1. The van der Waals surface area contributed by atoms with E-state index in [-0.39, 0.29) is 5.82 Å². The fourth-order valence-electron chi connectivity index (χ4n) is 1.36. The van der Waals surface area contributed by atoms with Gasteiger partial charge in [0.25, 0.3) is 0 Å². The second-order valence-electron chi connectivity index (χ2n) is 3.40. The SMILES string of the molecule is C#CCCCNCc1cc(F)ccc1C#N. The zero-order chi connectivity index (χ0) is 11.8. The van der Waals surface area contributed by atoms with Crippen LogP contribution >= 0.6 is 0 Å². The largest absolute Gasteiger partial charge is 0.313 e. The summed E-state index contributed by atoms with van der Waals surface area (Å²) in [5.74, 6) is 2.23. The predicted molar refractivity (Wildman–Crippen MR) is 60.9 cm³/mol. The summed E-state index contributed by atoms with van der Waals surface area (Å²) in [4.78, 5) is 0. The van der Waals surface area contributed by atoms with E-state index in [2.05, 4.69) is 11.2 Å². The summed E-state index contributed by atoms with van der Waals surface area (Å²) >= 11 is 0. The number of nitriles is 1. The smallest absolute Gasteiger partial charge is 0.123 e. The molecule has 1 aromatic carbocycles. The van der Waals surface area contributed by atoms with Crippen LogP contribution in [0.5, 0.6) is 0 Å². The van der Waals surface area contributed by atoms with E-state index in [9.17, 15) is 4.39 Å². The fourth-order valence-corrected chi connectivity index (χ4v) is 1.36. The van der Waals surface area contributed by atoms with Gasteiger partial charge in [0.2, 0.25) is 0 Å². The molecule has 1 rings (SSSR count). The average Bonchev–Trinajstić information content (AvgIpc) is 2.29. The predicted octanol–water partition coefficient (Wildman–Crippen LogP) is 2.20. The van der Waals surface area contributed by atoms with E-state index in [1.807, 2.05) is 6.07 Å². The molecule has 0 bridgehead atoms. The molecular weight excluding hydrogens is 203 g/mol. The van der Waals surface area contributed by atoms with Crippen molar-refractivity contribution in [1.29, 1.82) is 5.26 Å². The zero-order valence-electron chi connectivity index (χ0n) is 8.96. The first-order chi connectivity index (χ1) is 7.77. The van der Waals surface area contributed by atoms with Crippen LogP contribution in [-0.2, 0) is 6.54 Å². The molecule has 0 saturated carbocycles. The third-order valence-corrected chi connectivity index (χ3v) is 2.18. The van der Waals surface area contributed by atoms with Crippen molar-refractivity contribution in [2.75, 3.05) is 6.54 Å². The first-order valence-electron chi connectivity index (χ1n) is 5.10. The van der Waals surface area contributed by atoms with Gasteiger partial charge < -0.3 is 5.32 Å². The summed E-state index contributed by atoms with van der Waals surface area (Å²) < 4.78 is 12.9.